The first-order valence-electron chi connectivity index (χ1n) is 7.52. The van der Waals surface area contributed by atoms with Crippen molar-refractivity contribution in [1.82, 2.24) is 9.80 Å². The van der Waals surface area contributed by atoms with E-state index in [-0.39, 0.29) is 23.6 Å². The molecule has 0 spiro atoms. The quantitative estimate of drug-likeness (QED) is 0.855. The second-order valence-corrected chi connectivity index (χ2v) is 6.11. The third-order valence-electron chi connectivity index (χ3n) is 4.42. The molecule has 3 rings (SSSR count). The number of hydrogen-bond acceptors (Lipinski definition) is 2. The fraction of sp³-hybridized carbons (Fsp3) is 0.562. The minimum absolute atomic E-state index is 0.161. The highest BCUT2D eigenvalue weighted by Crippen LogP contribution is 2.33. The zero-order valence-electron chi connectivity index (χ0n) is 12.2. The number of rotatable bonds is 3. The molecule has 2 aliphatic rings. The molecule has 1 saturated carbocycles. The van der Waals surface area contributed by atoms with Crippen LogP contribution in [0.1, 0.15) is 36.0 Å². The van der Waals surface area contributed by atoms with E-state index in [1.165, 1.54) is 6.07 Å². The van der Waals surface area contributed by atoms with E-state index >= 15 is 0 Å². The third-order valence-corrected chi connectivity index (χ3v) is 4.42. The lowest BCUT2D eigenvalue weighted by Crippen LogP contribution is -2.47. The summed E-state index contributed by atoms with van der Waals surface area (Å²) in [4.78, 5) is 16.9. The SMILES string of the molecule is CN1CCC(N(C(=O)c2ccc(F)c(F)c2)C2CC2)CC1. The van der Waals surface area contributed by atoms with E-state index in [0.29, 0.717) is 0 Å². The van der Waals surface area contributed by atoms with Gasteiger partial charge in [0.25, 0.3) is 5.91 Å². The average molecular weight is 294 g/mol. The normalized spacial score (nSPS) is 20.5. The zero-order chi connectivity index (χ0) is 15.0. The summed E-state index contributed by atoms with van der Waals surface area (Å²) < 4.78 is 26.4. The van der Waals surface area contributed by atoms with E-state index in [0.717, 1.165) is 50.9 Å². The predicted molar refractivity (Wildman–Crippen MR) is 76.1 cm³/mol. The fourth-order valence-electron chi connectivity index (χ4n) is 3.03. The molecule has 1 amide bonds. The second-order valence-electron chi connectivity index (χ2n) is 6.11. The lowest BCUT2D eigenvalue weighted by Gasteiger charge is -2.37. The number of benzene rings is 1. The summed E-state index contributed by atoms with van der Waals surface area (Å²) in [6, 6.07) is 3.92. The molecular formula is C16H20F2N2O. The van der Waals surface area contributed by atoms with Gasteiger partial charge in [0, 0.05) is 17.6 Å². The van der Waals surface area contributed by atoms with Gasteiger partial charge in [-0.15, -0.1) is 0 Å². The van der Waals surface area contributed by atoms with Crippen LogP contribution in [0.5, 0.6) is 0 Å². The Labute approximate surface area is 123 Å². The third kappa shape index (κ3) is 3.07. The Balaban J connectivity index is 1.80. The Morgan fingerprint density at radius 3 is 2.29 bits per heavy atom. The van der Waals surface area contributed by atoms with Crippen molar-refractivity contribution in [1.29, 1.82) is 0 Å². The Hall–Kier alpha value is -1.49. The van der Waals surface area contributed by atoms with Crippen molar-refractivity contribution < 1.29 is 13.6 Å². The molecule has 1 saturated heterocycles. The molecule has 1 aromatic carbocycles. The van der Waals surface area contributed by atoms with Crippen LogP contribution in [0.3, 0.4) is 0 Å². The number of amides is 1. The predicted octanol–water partition coefficient (Wildman–Crippen LogP) is 2.66. The van der Waals surface area contributed by atoms with Crippen molar-refractivity contribution in [3.05, 3.63) is 35.4 Å². The first-order valence-corrected chi connectivity index (χ1v) is 7.52. The van der Waals surface area contributed by atoms with Crippen LogP contribution in [0.25, 0.3) is 0 Å². The highest BCUT2D eigenvalue weighted by molar-refractivity contribution is 5.94. The molecule has 3 nitrogen and oxygen atoms in total. The minimum atomic E-state index is -0.958. The van der Waals surface area contributed by atoms with Gasteiger partial charge in [0.1, 0.15) is 0 Å². The van der Waals surface area contributed by atoms with Crippen molar-refractivity contribution in [2.75, 3.05) is 20.1 Å². The van der Waals surface area contributed by atoms with Gasteiger partial charge in [0.05, 0.1) is 0 Å². The average Bonchev–Trinajstić information content (AvgIpc) is 3.29. The molecular weight excluding hydrogens is 274 g/mol. The van der Waals surface area contributed by atoms with Crippen molar-refractivity contribution in [2.24, 2.45) is 0 Å². The topological polar surface area (TPSA) is 23.6 Å². The van der Waals surface area contributed by atoms with E-state index < -0.39 is 11.6 Å². The van der Waals surface area contributed by atoms with Gasteiger partial charge >= 0.3 is 0 Å². The van der Waals surface area contributed by atoms with Gasteiger partial charge in [-0.05, 0) is 64.0 Å². The summed E-state index contributed by atoms with van der Waals surface area (Å²) in [6.45, 7) is 1.94. The number of hydrogen-bond donors (Lipinski definition) is 0. The molecule has 2 fully saturated rings. The number of carbonyl (C=O) groups excluding carboxylic acids is 1. The van der Waals surface area contributed by atoms with E-state index in [1.54, 1.807) is 0 Å². The van der Waals surface area contributed by atoms with E-state index in [4.69, 9.17) is 0 Å². The highest BCUT2D eigenvalue weighted by Gasteiger charge is 2.38. The summed E-state index contributed by atoms with van der Waals surface area (Å²) in [6.07, 6.45) is 3.92. The first kappa shape index (κ1) is 14.4. The maximum atomic E-state index is 13.4. The van der Waals surface area contributed by atoms with Gasteiger partial charge in [-0.3, -0.25) is 4.79 Å². The van der Waals surface area contributed by atoms with Gasteiger partial charge in [-0.25, -0.2) is 8.78 Å². The molecule has 1 heterocycles. The Kier molecular flexibility index (Phi) is 3.93. The molecule has 0 bridgehead atoms. The van der Waals surface area contributed by atoms with Crippen molar-refractivity contribution in [3.63, 3.8) is 0 Å². The molecule has 1 aliphatic carbocycles. The summed E-state index contributed by atoms with van der Waals surface area (Å²) in [5.41, 5.74) is 0.250. The second kappa shape index (κ2) is 5.72. The van der Waals surface area contributed by atoms with Crippen LogP contribution in [0.2, 0.25) is 0 Å². The minimum Gasteiger partial charge on any atom is -0.333 e. The molecule has 0 unspecified atom stereocenters. The number of likely N-dealkylation sites (tertiary alicyclic amines) is 1. The van der Waals surface area contributed by atoms with Crippen LogP contribution in [-0.2, 0) is 0 Å². The van der Waals surface area contributed by atoms with Crippen LogP contribution in [0.15, 0.2) is 18.2 Å². The molecule has 1 aromatic rings. The van der Waals surface area contributed by atoms with Gasteiger partial charge in [-0.2, -0.15) is 0 Å². The molecule has 5 heteroatoms. The Bertz CT molecular complexity index is 537. The van der Waals surface area contributed by atoms with E-state index in [2.05, 4.69) is 11.9 Å². The van der Waals surface area contributed by atoms with Gasteiger partial charge in [0.15, 0.2) is 11.6 Å². The molecule has 0 N–H and O–H groups in total. The first-order chi connectivity index (χ1) is 10.1. The van der Waals surface area contributed by atoms with Crippen LogP contribution < -0.4 is 0 Å². The molecule has 0 aromatic heterocycles. The van der Waals surface area contributed by atoms with Gasteiger partial charge in [0.2, 0.25) is 0 Å². The van der Waals surface area contributed by atoms with Gasteiger partial charge < -0.3 is 9.80 Å². The summed E-state index contributed by atoms with van der Waals surface area (Å²) in [5, 5.41) is 0. The molecule has 114 valence electrons. The molecule has 21 heavy (non-hydrogen) atoms. The molecule has 1 aliphatic heterocycles. The van der Waals surface area contributed by atoms with Crippen LogP contribution in [-0.4, -0.2) is 47.9 Å². The highest BCUT2D eigenvalue weighted by atomic mass is 19.2. The van der Waals surface area contributed by atoms with Crippen molar-refractivity contribution >= 4 is 5.91 Å². The number of halogens is 2. The van der Waals surface area contributed by atoms with E-state index in [1.807, 2.05) is 4.90 Å². The van der Waals surface area contributed by atoms with Crippen molar-refractivity contribution in [3.8, 4) is 0 Å². The number of carbonyl (C=O) groups is 1. The fourth-order valence-corrected chi connectivity index (χ4v) is 3.03. The molecule has 0 atom stereocenters. The lowest BCUT2D eigenvalue weighted by atomic mass is 10.0. The summed E-state index contributed by atoms with van der Waals surface area (Å²) in [7, 11) is 2.08. The Morgan fingerprint density at radius 1 is 1.10 bits per heavy atom. The maximum Gasteiger partial charge on any atom is 0.254 e. The maximum absolute atomic E-state index is 13.4. The van der Waals surface area contributed by atoms with Crippen LogP contribution in [0.4, 0.5) is 8.78 Å². The number of nitrogens with zero attached hydrogens (tertiary/aromatic N) is 2. The van der Waals surface area contributed by atoms with E-state index in [9.17, 15) is 13.6 Å². The summed E-state index contributed by atoms with van der Waals surface area (Å²) >= 11 is 0. The van der Waals surface area contributed by atoms with Crippen LogP contribution in [0, 0.1) is 11.6 Å². The monoisotopic (exact) mass is 294 g/mol. The smallest absolute Gasteiger partial charge is 0.254 e. The van der Waals surface area contributed by atoms with Crippen molar-refractivity contribution in [2.45, 2.75) is 37.8 Å². The van der Waals surface area contributed by atoms with Crippen LogP contribution >= 0.6 is 0 Å². The summed E-state index contributed by atoms with van der Waals surface area (Å²) in [5.74, 6) is -2.03. The van der Waals surface area contributed by atoms with Gasteiger partial charge in [-0.1, -0.05) is 0 Å². The Morgan fingerprint density at radius 2 is 1.71 bits per heavy atom. The lowest BCUT2D eigenvalue weighted by molar-refractivity contribution is 0.0568. The number of piperidine rings is 1. The zero-order valence-corrected chi connectivity index (χ0v) is 12.2. The molecule has 0 radical (unpaired) electrons. The largest absolute Gasteiger partial charge is 0.333 e. The standard InChI is InChI=1S/C16H20F2N2O/c1-19-8-6-13(7-9-19)20(12-3-4-12)16(21)11-2-5-14(17)15(18)10-11/h2,5,10,12-13H,3-4,6-9H2,1H3.